The molecular formula is C18H27NO4. The zero-order valence-electron chi connectivity index (χ0n) is 14.5. The van der Waals surface area contributed by atoms with E-state index in [1.54, 1.807) is 4.90 Å². The number of nitrogens with zero attached hydrogens (tertiary/aromatic N) is 1. The molecule has 1 aliphatic rings. The highest BCUT2D eigenvalue weighted by molar-refractivity contribution is 5.68. The summed E-state index contributed by atoms with van der Waals surface area (Å²) in [4.78, 5) is 13.8. The van der Waals surface area contributed by atoms with Crippen LogP contribution in [0.25, 0.3) is 0 Å². The van der Waals surface area contributed by atoms with E-state index >= 15 is 0 Å². The second kappa shape index (κ2) is 7.21. The molecule has 1 fully saturated rings. The molecule has 0 aromatic heterocycles. The third-order valence-corrected chi connectivity index (χ3v) is 3.63. The molecule has 0 N–H and O–H groups in total. The zero-order valence-corrected chi connectivity index (χ0v) is 14.5. The number of benzene rings is 1. The molecule has 23 heavy (non-hydrogen) atoms. The molecule has 0 radical (unpaired) electrons. The van der Waals surface area contributed by atoms with Gasteiger partial charge in [0.25, 0.3) is 0 Å². The van der Waals surface area contributed by atoms with Crippen LogP contribution in [0.4, 0.5) is 4.79 Å². The number of rotatable bonds is 5. The lowest BCUT2D eigenvalue weighted by Gasteiger charge is -2.27. The zero-order chi connectivity index (χ0) is 16.9. The molecule has 1 amide bonds. The van der Waals surface area contributed by atoms with E-state index in [0.717, 1.165) is 12.2 Å². The number of hydrogen-bond donors (Lipinski definition) is 0. The van der Waals surface area contributed by atoms with Crippen LogP contribution in [-0.2, 0) is 9.47 Å². The van der Waals surface area contributed by atoms with E-state index in [0.29, 0.717) is 26.3 Å². The average Bonchev–Trinajstić information content (AvgIpc) is 2.86. The molecule has 1 aromatic rings. The van der Waals surface area contributed by atoms with E-state index in [9.17, 15) is 4.79 Å². The molecule has 0 saturated carbocycles. The maximum absolute atomic E-state index is 12.1. The van der Waals surface area contributed by atoms with Crippen molar-refractivity contribution in [3.63, 3.8) is 0 Å². The van der Waals surface area contributed by atoms with Gasteiger partial charge >= 0.3 is 6.09 Å². The predicted octanol–water partition coefficient (Wildman–Crippen LogP) is 3.48. The minimum atomic E-state index is -0.472. The second-order valence-corrected chi connectivity index (χ2v) is 7.11. The first-order chi connectivity index (χ1) is 10.8. The fraction of sp³-hybridized carbons (Fsp3) is 0.611. The summed E-state index contributed by atoms with van der Waals surface area (Å²) in [7, 11) is 0. The third-order valence-electron chi connectivity index (χ3n) is 3.63. The van der Waals surface area contributed by atoms with E-state index in [-0.39, 0.29) is 11.7 Å². The van der Waals surface area contributed by atoms with Gasteiger partial charge in [0.15, 0.2) is 0 Å². The topological polar surface area (TPSA) is 48.0 Å². The molecule has 1 saturated heterocycles. The maximum Gasteiger partial charge on any atom is 0.410 e. The highest BCUT2D eigenvalue weighted by Gasteiger charge is 2.38. The molecule has 1 unspecified atom stereocenters. The van der Waals surface area contributed by atoms with E-state index in [1.165, 1.54) is 0 Å². The number of amides is 1. The third kappa shape index (κ3) is 5.75. The van der Waals surface area contributed by atoms with Gasteiger partial charge in [0.1, 0.15) is 18.0 Å². The van der Waals surface area contributed by atoms with Crippen LogP contribution < -0.4 is 4.74 Å². The normalized spacial score (nSPS) is 21.3. The van der Waals surface area contributed by atoms with Crippen LogP contribution in [0.1, 0.15) is 34.1 Å². The maximum atomic E-state index is 12.1. The predicted molar refractivity (Wildman–Crippen MR) is 88.7 cm³/mol. The standard InChI is InChI=1S/C18H27NO4/c1-17(2,3)23-16(20)19-11-10-18(4,14-19)22-13-12-21-15-8-6-5-7-9-15/h5-9H,10-14H2,1-4H3. The quantitative estimate of drug-likeness (QED) is 0.779. The first-order valence-corrected chi connectivity index (χ1v) is 8.07. The van der Waals surface area contributed by atoms with E-state index in [2.05, 4.69) is 0 Å². The van der Waals surface area contributed by atoms with Gasteiger partial charge in [-0.2, -0.15) is 0 Å². The number of carbonyl (C=O) groups excluding carboxylic acids is 1. The molecule has 5 nitrogen and oxygen atoms in total. The number of hydrogen-bond acceptors (Lipinski definition) is 4. The molecule has 128 valence electrons. The fourth-order valence-electron chi connectivity index (χ4n) is 2.50. The Hall–Kier alpha value is -1.75. The van der Waals surface area contributed by atoms with Crippen molar-refractivity contribution in [1.29, 1.82) is 0 Å². The van der Waals surface area contributed by atoms with Gasteiger partial charge in [0, 0.05) is 6.54 Å². The van der Waals surface area contributed by atoms with Gasteiger partial charge in [-0.15, -0.1) is 0 Å². The van der Waals surface area contributed by atoms with Crippen molar-refractivity contribution in [2.45, 2.75) is 45.3 Å². The molecule has 0 bridgehead atoms. The van der Waals surface area contributed by atoms with Gasteiger partial charge in [-0.25, -0.2) is 4.79 Å². The van der Waals surface area contributed by atoms with Crippen molar-refractivity contribution < 1.29 is 19.0 Å². The van der Waals surface area contributed by atoms with Crippen molar-refractivity contribution >= 4 is 6.09 Å². The van der Waals surface area contributed by atoms with Gasteiger partial charge in [-0.05, 0) is 46.2 Å². The molecular weight excluding hydrogens is 294 g/mol. The number of carbonyl (C=O) groups is 1. The van der Waals surface area contributed by atoms with Gasteiger partial charge in [-0.1, -0.05) is 18.2 Å². The monoisotopic (exact) mass is 321 g/mol. The smallest absolute Gasteiger partial charge is 0.410 e. The minimum absolute atomic E-state index is 0.273. The highest BCUT2D eigenvalue weighted by atomic mass is 16.6. The Morgan fingerprint density at radius 3 is 2.57 bits per heavy atom. The summed E-state index contributed by atoms with van der Waals surface area (Å²) in [6.45, 7) is 9.84. The Morgan fingerprint density at radius 1 is 1.22 bits per heavy atom. The van der Waals surface area contributed by atoms with Crippen molar-refractivity contribution in [2.75, 3.05) is 26.3 Å². The van der Waals surface area contributed by atoms with Gasteiger partial charge < -0.3 is 19.1 Å². The Balaban J connectivity index is 1.72. The van der Waals surface area contributed by atoms with Crippen LogP contribution in [0.15, 0.2) is 30.3 Å². The van der Waals surface area contributed by atoms with Crippen molar-refractivity contribution in [3.8, 4) is 5.75 Å². The van der Waals surface area contributed by atoms with Crippen LogP contribution in [-0.4, -0.2) is 48.5 Å². The molecule has 1 atom stereocenters. The van der Waals surface area contributed by atoms with Gasteiger partial charge in [0.05, 0.1) is 18.8 Å². The summed E-state index contributed by atoms with van der Waals surface area (Å²) in [5.74, 6) is 0.836. The molecule has 1 aliphatic heterocycles. The number of para-hydroxylation sites is 1. The average molecular weight is 321 g/mol. The van der Waals surface area contributed by atoms with Gasteiger partial charge in [-0.3, -0.25) is 0 Å². The summed E-state index contributed by atoms with van der Waals surface area (Å²) in [6, 6.07) is 9.66. The first-order valence-electron chi connectivity index (χ1n) is 8.07. The van der Waals surface area contributed by atoms with Crippen LogP contribution in [0.5, 0.6) is 5.75 Å². The van der Waals surface area contributed by atoms with E-state index < -0.39 is 5.60 Å². The Kier molecular flexibility index (Phi) is 5.52. The minimum Gasteiger partial charge on any atom is -0.491 e. The lowest BCUT2D eigenvalue weighted by atomic mass is 10.1. The van der Waals surface area contributed by atoms with Crippen LogP contribution in [0.3, 0.4) is 0 Å². The lowest BCUT2D eigenvalue weighted by molar-refractivity contribution is -0.0371. The highest BCUT2D eigenvalue weighted by Crippen LogP contribution is 2.26. The molecule has 1 heterocycles. The Labute approximate surface area is 138 Å². The van der Waals surface area contributed by atoms with Crippen LogP contribution in [0.2, 0.25) is 0 Å². The number of ether oxygens (including phenoxy) is 3. The molecule has 0 aliphatic carbocycles. The Bertz CT molecular complexity index is 512. The Morgan fingerprint density at radius 2 is 1.91 bits per heavy atom. The summed E-state index contributed by atoms with van der Waals surface area (Å²) in [5.41, 5.74) is -0.808. The fourth-order valence-corrected chi connectivity index (χ4v) is 2.50. The van der Waals surface area contributed by atoms with Crippen molar-refractivity contribution in [3.05, 3.63) is 30.3 Å². The largest absolute Gasteiger partial charge is 0.491 e. The molecule has 5 heteroatoms. The van der Waals surface area contributed by atoms with Crippen molar-refractivity contribution in [1.82, 2.24) is 4.90 Å². The number of likely N-dealkylation sites (tertiary alicyclic amines) is 1. The summed E-state index contributed by atoms with van der Waals surface area (Å²) < 4.78 is 17.0. The second-order valence-electron chi connectivity index (χ2n) is 7.11. The summed E-state index contributed by atoms with van der Waals surface area (Å²) in [6.07, 6.45) is 0.530. The molecule has 1 aromatic carbocycles. The molecule has 2 rings (SSSR count). The molecule has 0 spiro atoms. The van der Waals surface area contributed by atoms with Crippen LogP contribution in [0, 0.1) is 0 Å². The summed E-state index contributed by atoms with van der Waals surface area (Å²) in [5, 5.41) is 0. The SMILES string of the molecule is CC(C)(C)OC(=O)N1CCC(C)(OCCOc2ccccc2)C1. The lowest BCUT2D eigenvalue weighted by Crippen LogP contribution is -2.39. The van der Waals surface area contributed by atoms with Crippen LogP contribution >= 0.6 is 0 Å². The van der Waals surface area contributed by atoms with Gasteiger partial charge in [0.2, 0.25) is 0 Å². The van der Waals surface area contributed by atoms with E-state index in [1.807, 2.05) is 58.0 Å². The summed E-state index contributed by atoms with van der Waals surface area (Å²) >= 11 is 0. The first kappa shape index (κ1) is 17.6. The van der Waals surface area contributed by atoms with E-state index in [4.69, 9.17) is 14.2 Å². The van der Waals surface area contributed by atoms with Crippen molar-refractivity contribution in [2.24, 2.45) is 0 Å².